The van der Waals surface area contributed by atoms with E-state index in [4.69, 9.17) is 5.14 Å². The van der Waals surface area contributed by atoms with Gasteiger partial charge in [-0.05, 0) is 48.8 Å². The van der Waals surface area contributed by atoms with Gasteiger partial charge in [0.15, 0.2) is 0 Å². The Bertz CT molecular complexity index is 599. The summed E-state index contributed by atoms with van der Waals surface area (Å²) < 4.78 is 24.4. The summed E-state index contributed by atoms with van der Waals surface area (Å²) >= 11 is 0. The third-order valence-electron chi connectivity index (χ3n) is 3.88. The summed E-state index contributed by atoms with van der Waals surface area (Å²) in [6.07, 6.45) is 3.50. The highest BCUT2D eigenvalue weighted by atomic mass is 32.2. The van der Waals surface area contributed by atoms with E-state index in [-0.39, 0.29) is 0 Å². The Labute approximate surface area is 127 Å². The lowest BCUT2D eigenvalue weighted by atomic mass is 9.70. The van der Waals surface area contributed by atoms with Gasteiger partial charge in [0, 0.05) is 11.7 Å². The second kappa shape index (κ2) is 5.85. The first-order valence-corrected chi connectivity index (χ1v) is 8.85. The second-order valence-electron chi connectivity index (χ2n) is 6.98. The largest absolute Gasteiger partial charge is 0.382 e. The molecule has 1 fully saturated rings. The highest BCUT2D eigenvalue weighted by Crippen LogP contribution is 2.39. The summed E-state index contributed by atoms with van der Waals surface area (Å²) in [6.45, 7) is 6.89. The number of anilines is 2. The normalized spacial score (nSPS) is 25.3. The molecule has 1 saturated carbocycles. The Morgan fingerprint density at radius 1 is 1.24 bits per heavy atom. The summed E-state index contributed by atoms with van der Waals surface area (Å²) in [7, 11) is -3.73. The van der Waals surface area contributed by atoms with Gasteiger partial charge in [-0.15, -0.1) is 0 Å². The Kier molecular flexibility index (Phi) is 4.49. The van der Waals surface area contributed by atoms with Gasteiger partial charge in [0.2, 0.25) is 0 Å². The SMILES string of the molecule is CC1CC(Nc2cccc(NS(N)(=O)=O)c2)CC(C)(C)C1. The molecule has 0 saturated heterocycles. The van der Waals surface area contributed by atoms with Crippen LogP contribution in [0.25, 0.3) is 0 Å². The molecule has 21 heavy (non-hydrogen) atoms. The summed E-state index contributed by atoms with van der Waals surface area (Å²) in [5, 5.41) is 8.51. The summed E-state index contributed by atoms with van der Waals surface area (Å²) in [5.74, 6) is 0.692. The van der Waals surface area contributed by atoms with Crippen LogP contribution in [0.1, 0.15) is 40.0 Å². The zero-order valence-corrected chi connectivity index (χ0v) is 13.7. The van der Waals surface area contributed by atoms with E-state index < -0.39 is 10.2 Å². The molecule has 2 unspecified atom stereocenters. The third-order valence-corrected chi connectivity index (χ3v) is 4.40. The molecule has 1 aliphatic rings. The first-order chi connectivity index (χ1) is 9.63. The Morgan fingerprint density at radius 3 is 2.52 bits per heavy atom. The van der Waals surface area contributed by atoms with Crippen molar-refractivity contribution < 1.29 is 8.42 Å². The molecule has 0 amide bonds. The van der Waals surface area contributed by atoms with Crippen molar-refractivity contribution >= 4 is 21.6 Å². The van der Waals surface area contributed by atoms with E-state index in [1.165, 1.54) is 6.42 Å². The molecule has 118 valence electrons. The van der Waals surface area contributed by atoms with Crippen molar-refractivity contribution in [1.29, 1.82) is 0 Å². The van der Waals surface area contributed by atoms with E-state index in [0.717, 1.165) is 18.5 Å². The number of nitrogens with two attached hydrogens (primary N) is 1. The molecule has 0 spiro atoms. The fraction of sp³-hybridized carbons (Fsp3) is 0.600. The molecule has 0 aromatic heterocycles. The Balaban J connectivity index is 2.07. The van der Waals surface area contributed by atoms with Gasteiger partial charge < -0.3 is 5.32 Å². The maximum absolute atomic E-state index is 11.1. The van der Waals surface area contributed by atoms with E-state index in [0.29, 0.717) is 23.1 Å². The van der Waals surface area contributed by atoms with Gasteiger partial charge in [-0.1, -0.05) is 26.8 Å². The molecule has 2 rings (SSSR count). The van der Waals surface area contributed by atoms with Crippen LogP contribution in [0.15, 0.2) is 24.3 Å². The maximum atomic E-state index is 11.1. The van der Waals surface area contributed by atoms with E-state index in [2.05, 4.69) is 30.8 Å². The molecule has 1 aromatic carbocycles. The molecule has 0 heterocycles. The van der Waals surface area contributed by atoms with Gasteiger partial charge in [0.25, 0.3) is 10.2 Å². The lowest BCUT2D eigenvalue weighted by Gasteiger charge is -2.39. The molecular formula is C15H25N3O2S. The molecule has 0 radical (unpaired) electrons. The van der Waals surface area contributed by atoms with Crippen LogP contribution in [0, 0.1) is 11.3 Å². The first-order valence-electron chi connectivity index (χ1n) is 7.30. The molecule has 0 aliphatic heterocycles. The van der Waals surface area contributed by atoms with E-state index in [1.807, 2.05) is 12.1 Å². The van der Waals surface area contributed by atoms with Crippen molar-refractivity contribution in [3.05, 3.63) is 24.3 Å². The molecule has 4 N–H and O–H groups in total. The van der Waals surface area contributed by atoms with Gasteiger partial charge in [-0.25, -0.2) is 5.14 Å². The van der Waals surface area contributed by atoms with Crippen LogP contribution in [0.4, 0.5) is 11.4 Å². The van der Waals surface area contributed by atoms with Gasteiger partial charge >= 0.3 is 0 Å². The molecule has 0 bridgehead atoms. The van der Waals surface area contributed by atoms with Crippen molar-refractivity contribution in [3.63, 3.8) is 0 Å². The molecule has 6 heteroatoms. The summed E-state index contributed by atoms with van der Waals surface area (Å²) in [5.41, 5.74) is 1.73. The summed E-state index contributed by atoms with van der Waals surface area (Å²) in [6, 6.07) is 7.63. The van der Waals surface area contributed by atoms with Crippen molar-refractivity contribution in [3.8, 4) is 0 Å². The predicted octanol–water partition coefficient (Wildman–Crippen LogP) is 2.93. The van der Waals surface area contributed by atoms with Crippen LogP contribution in [0.2, 0.25) is 0 Å². The maximum Gasteiger partial charge on any atom is 0.296 e. The highest BCUT2D eigenvalue weighted by Gasteiger charge is 2.31. The topological polar surface area (TPSA) is 84.2 Å². The van der Waals surface area contributed by atoms with Crippen molar-refractivity contribution in [2.75, 3.05) is 10.0 Å². The molecule has 1 aliphatic carbocycles. The fourth-order valence-electron chi connectivity index (χ4n) is 3.53. The Hall–Kier alpha value is -1.27. The molecule has 5 nitrogen and oxygen atoms in total. The lowest BCUT2D eigenvalue weighted by Crippen LogP contribution is -2.35. The lowest BCUT2D eigenvalue weighted by molar-refractivity contribution is 0.178. The Morgan fingerprint density at radius 2 is 1.90 bits per heavy atom. The highest BCUT2D eigenvalue weighted by molar-refractivity contribution is 7.90. The standard InChI is InChI=1S/C15H25N3O2S/c1-11-7-14(10-15(2,3)9-11)17-12-5-4-6-13(8-12)18-21(16,19)20/h4-6,8,11,14,17-18H,7,9-10H2,1-3H3,(H2,16,19,20). The van der Waals surface area contributed by atoms with Gasteiger partial charge in [0.1, 0.15) is 0 Å². The smallest absolute Gasteiger partial charge is 0.296 e. The zero-order chi connectivity index (χ0) is 15.7. The van der Waals surface area contributed by atoms with Crippen LogP contribution < -0.4 is 15.2 Å². The summed E-state index contributed by atoms with van der Waals surface area (Å²) in [4.78, 5) is 0. The minimum atomic E-state index is -3.73. The van der Waals surface area contributed by atoms with Gasteiger partial charge in [-0.3, -0.25) is 4.72 Å². The number of benzene rings is 1. The molecule has 2 atom stereocenters. The van der Waals surface area contributed by atoms with E-state index in [1.54, 1.807) is 12.1 Å². The van der Waals surface area contributed by atoms with Crippen molar-refractivity contribution in [1.82, 2.24) is 0 Å². The van der Waals surface area contributed by atoms with Crippen LogP contribution in [0.3, 0.4) is 0 Å². The van der Waals surface area contributed by atoms with Crippen LogP contribution in [-0.2, 0) is 10.2 Å². The first kappa shape index (κ1) is 16.1. The van der Waals surface area contributed by atoms with Crippen molar-refractivity contribution in [2.24, 2.45) is 16.5 Å². The van der Waals surface area contributed by atoms with Crippen molar-refractivity contribution in [2.45, 2.75) is 46.1 Å². The molecule has 1 aromatic rings. The zero-order valence-electron chi connectivity index (χ0n) is 12.9. The average molecular weight is 311 g/mol. The number of hydrogen-bond donors (Lipinski definition) is 3. The molecular weight excluding hydrogens is 286 g/mol. The number of nitrogens with one attached hydrogen (secondary N) is 2. The fourth-order valence-corrected chi connectivity index (χ4v) is 3.98. The van der Waals surface area contributed by atoms with Crippen LogP contribution >= 0.6 is 0 Å². The van der Waals surface area contributed by atoms with Gasteiger partial charge in [0.05, 0.1) is 5.69 Å². The number of hydrogen-bond acceptors (Lipinski definition) is 3. The van der Waals surface area contributed by atoms with Gasteiger partial charge in [-0.2, -0.15) is 8.42 Å². The van der Waals surface area contributed by atoms with E-state index in [9.17, 15) is 8.42 Å². The van der Waals surface area contributed by atoms with E-state index >= 15 is 0 Å². The predicted molar refractivity (Wildman–Crippen MR) is 87.4 cm³/mol. The second-order valence-corrected chi connectivity index (χ2v) is 8.28. The monoisotopic (exact) mass is 311 g/mol. The van der Waals surface area contributed by atoms with Crippen LogP contribution in [-0.4, -0.2) is 14.5 Å². The van der Waals surface area contributed by atoms with Crippen LogP contribution in [0.5, 0.6) is 0 Å². The number of rotatable bonds is 4. The quantitative estimate of drug-likeness (QED) is 0.799. The average Bonchev–Trinajstić information content (AvgIpc) is 2.23. The minimum Gasteiger partial charge on any atom is -0.382 e. The third kappa shape index (κ3) is 5.21. The minimum absolute atomic E-state index is 0.339.